The summed E-state index contributed by atoms with van der Waals surface area (Å²) in [6.45, 7) is 2.54. The average Bonchev–Trinajstić information content (AvgIpc) is 2.42. The van der Waals surface area contributed by atoms with Gasteiger partial charge in [-0.15, -0.1) is 0 Å². The minimum atomic E-state index is -0.506. The third-order valence-corrected chi connectivity index (χ3v) is 3.37. The first-order chi connectivity index (χ1) is 9.61. The molecule has 0 fully saturated rings. The van der Waals surface area contributed by atoms with Crippen LogP contribution in [0.3, 0.4) is 0 Å². The number of halogens is 1. The van der Waals surface area contributed by atoms with Gasteiger partial charge in [0.05, 0.1) is 10.6 Å². The number of nitrogens with one attached hydrogen (secondary N) is 2. The molecule has 20 heavy (non-hydrogen) atoms. The molecule has 0 aliphatic carbocycles. The third kappa shape index (κ3) is 3.32. The summed E-state index contributed by atoms with van der Waals surface area (Å²) in [4.78, 5) is 18.6. The standard InChI is InChI=1S/C12H12IN5O2/c1-2-14-12-15-7-10(18(19)20)11(17-12)16-9-6-4-3-5-8(9)13/h3-7H,2H2,1H3,(H2,14,15,16,17). The number of benzene rings is 1. The van der Waals surface area contributed by atoms with E-state index in [1.807, 2.05) is 31.2 Å². The second-order valence-corrected chi connectivity index (χ2v) is 4.98. The van der Waals surface area contributed by atoms with Crippen molar-refractivity contribution < 1.29 is 4.92 Å². The van der Waals surface area contributed by atoms with E-state index in [9.17, 15) is 10.1 Å². The van der Waals surface area contributed by atoms with Crippen molar-refractivity contribution in [3.8, 4) is 0 Å². The highest BCUT2D eigenvalue weighted by Gasteiger charge is 2.18. The Morgan fingerprint density at radius 1 is 1.40 bits per heavy atom. The van der Waals surface area contributed by atoms with E-state index in [4.69, 9.17) is 0 Å². The Labute approximate surface area is 129 Å². The van der Waals surface area contributed by atoms with Crippen LogP contribution in [0.4, 0.5) is 23.1 Å². The van der Waals surface area contributed by atoms with Crippen LogP contribution in [-0.4, -0.2) is 21.4 Å². The summed E-state index contributed by atoms with van der Waals surface area (Å²) in [6.07, 6.45) is 1.20. The minimum absolute atomic E-state index is 0.161. The number of hydrogen-bond donors (Lipinski definition) is 2. The minimum Gasteiger partial charge on any atom is -0.354 e. The van der Waals surface area contributed by atoms with Gasteiger partial charge in [-0.3, -0.25) is 10.1 Å². The van der Waals surface area contributed by atoms with Crippen LogP contribution in [0.15, 0.2) is 30.5 Å². The second kappa shape index (κ2) is 6.46. The number of para-hydroxylation sites is 1. The van der Waals surface area contributed by atoms with Gasteiger partial charge in [0.1, 0.15) is 6.20 Å². The maximum atomic E-state index is 11.0. The Balaban J connectivity index is 2.40. The van der Waals surface area contributed by atoms with Crippen molar-refractivity contribution in [1.82, 2.24) is 9.97 Å². The summed E-state index contributed by atoms with van der Waals surface area (Å²) in [5.41, 5.74) is 0.601. The highest BCUT2D eigenvalue weighted by Crippen LogP contribution is 2.27. The maximum absolute atomic E-state index is 11.0. The quantitative estimate of drug-likeness (QED) is 0.467. The molecule has 2 N–H and O–H groups in total. The van der Waals surface area contributed by atoms with Crippen LogP contribution in [0.25, 0.3) is 0 Å². The number of aromatic nitrogens is 2. The van der Waals surface area contributed by atoms with Crippen LogP contribution in [0, 0.1) is 13.7 Å². The lowest BCUT2D eigenvalue weighted by Gasteiger charge is -2.09. The molecule has 1 heterocycles. The Kier molecular flexibility index (Phi) is 4.66. The Morgan fingerprint density at radius 2 is 2.15 bits per heavy atom. The van der Waals surface area contributed by atoms with Crippen LogP contribution in [0.2, 0.25) is 0 Å². The molecule has 1 aromatic carbocycles. The molecule has 0 amide bonds. The van der Waals surface area contributed by atoms with Crippen molar-refractivity contribution in [2.24, 2.45) is 0 Å². The average molecular weight is 385 g/mol. The summed E-state index contributed by atoms with van der Waals surface area (Å²) in [7, 11) is 0. The van der Waals surface area contributed by atoms with Crippen LogP contribution >= 0.6 is 22.6 Å². The van der Waals surface area contributed by atoms with Crippen LogP contribution in [0.1, 0.15) is 6.92 Å². The highest BCUT2D eigenvalue weighted by atomic mass is 127. The molecule has 0 aliphatic rings. The number of nitrogens with zero attached hydrogens (tertiary/aromatic N) is 3. The van der Waals surface area contributed by atoms with Crippen LogP contribution < -0.4 is 10.6 Å². The molecule has 0 saturated heterocycles. The zero-order valence-electron chi connectivity index (χ0n) is 10.6. The monoisotopic (exact) mass is 385 g/mol. The molecule has 7 nitrogen and oxygen atoms in total. The predicted molar refractivity (Wildman–Crippen MR) is 85.3 cm³/mol. The fraction of sp³-hybridized carbons (Fsp3) is 0.167. The molecule has 0 atom stereocenters. The molecular weight excluding hydrogens is 373 g/mol. The van der Waals surface area contributed by atoms with Gasteiger partial charge in [0.2, 0.25) is 11.8 Å². The van der Waals surface area contributed by atoms with Gasteiger partial charge < -0.3 is 10.6 Å². The molecule has 8 heteroatoms. The Bertz CT molecular complexity index is 635. The molecule has 104 valence electrons. The van der Waals surface area contributed by atoms with E-state index in [2.05, 4.69) is 43.2 Å². The zero-order valence-corrected chi connectivity index (χ0v) is 12.8. The van der Waals surface area contributed by atoms with Gasteiger partial charge in [0.25, 0.3) is 0 Å². The summed E-state index contributed by atoms with van der Waals surface area (Å²) >= 11 is 2.15. The number of hydrogen-bond acceptors (Lipinski definition) is 6. The van der Waals surface area contributed by atoms with Crippen molar-refractivity contribution in [2.75, 3.05) is 17.2 Å². The van der Waals surface area contributed by atoms with Crippen molar-refractivity contribution in [1.29, 1.82) is 0 Å². The lowest BCUT2D eigenvalue weighted by Crippen LogP contribution is -2.07. The van der Waals surface area contributed by atoms with Gasteiger partial charge in [0.15, 0.2) is 0 Å². The highest BCUT2D eigenvalue weighted by molar-refractivity contribution is 14.1. The molecule has 0 aliphatic heterocycles. The topological polar surface area (TPSA) is 93.0 Å². The lowest BCUT2D eigenvalue weighted by molar-refractivity contribution is -0.384. The summed E-state index contributed by atoms with van der Waals surface area (Å²) in [5.74, 6) is 0.525. The Morgan fingerprint density at radius 3 is 2.80 bits per heavy atom. The summed E-state index contributed by atoms with van der Waals surface area (Å²) < 4.78 is 0.947. The van der Waals surface area contributed by atoms with Crippen LogP contribution in [0.5, 0.6) is 0 Å². The van der Waals surface area contributed by atoms with E-state index >= 15 is 0 Å². The first-order valence-electron chi connectivity index (χ1n) is 5.88. The largest absolute Gasteiger partial charge is 0.354 e. The van der Waals surface area contributed by atoms with Crippen molar-refractivity contribution in [3.63, 3.8) is 0 Å². The molecule has 2 rings (SSSR count). The smallest absolute Gasteiger partial charge is 0.329 e. The maximum Gasteiger partial charge on any atom is 0.329 e. The van der Waals surface area contributed by atoms with Gasteiger partial charge in [-0.1, -0.05) is 12.1 Å². The van der Waals surface area contributed by atoms with E-state index < -0.39 is 4.92 Å². The molecule has 0 spiro atoms. The van der Waals surface area contributed by atoms with Gasteiger partial charge in [0, 0.05) is 10.1 Å². The normalized spacial score (nSPS) is 10.1. The SMILES string of the molecule is CCNc1ncc([N+](=O)[O-])c(Nc2ccccc2I)n1. The van der Waals surface area contributed by atoms with Gasteiger partial charge in [-0.2, -0.15) is 4.98 Å². The van der Waals surface area contributed by atoms with E-state index in [-0.39, 0.29) is 11.5 Å². The lowest BCUT2D eigenvalue weighted by atomic mass is 10.3. The van der Waals surface area contributed by atoms with Crippen molar-refractivity contribution in [3.05, 3.63) is 44.1 Å². The second-order valence-electron chi connectivity index (χ2n) is 3.82. The summed E-state index contributed by atoms with van der Waals surface area (Å²) in [6, 6.07) is 7.48. The summed E-state index contributed by atoms with van der Waals surface area (Å²) in [5, 5.41) is 16.9. The molecule has 0 saturated carbocycles. The van der Waals surface area contributed by atoms with E-state index in [1.54, 1.807) is 0 Å². The van der Waals surface area contributed by atoms with Crippen molar-refractivity contribution in [2.45, 2.75) is 6.92 Å². The fourth-order valence-corrected chi connectivity index (χ4v) is 2.06. The first-order valence-corrected chi connectivity index (χ1v) is 6.96. The third-order valence-electron chi connectivity index (χ3n) is 2.43. The molecule has 0 unspecified atom stereocenters. The molecule has 0 bridgehead atoms. The number of rotatable bonds is 5. The van der Waals surface area contributed by atoms with Gasteiger partial charge >= 0.3 is 5.69 Å². The van der Waals surface area contributed by atoms with E-state index in [0.717, 1.165) is 9.26 Å². The molecule has 1 aromatic heterocycles. The molecular formula is C12H12IN5O2. The first kappa shape index (κ1) is 14.4. The van der Waals surface area contributed by atoms with E-state index in [1.165, 1.54) is 6.20 Å². The Hall–Kier alpha value is -1.97. The number of anilines is 3. The van der Waals surface area contributed by atoms with Gasteiger partial charge in [-0.05, 0) is 41.6 Å². The van der Waals surface area contributed by atoms with Crippen molar-refractivity contribution >= 4 is 45.7 Å². The molecule has 2 aromatic rings. The predicted octanol–water partition coefficient (Wildman–Crippen LogP) is 3.16. The zero-order chi connectivity index (χ0) is 14.5. The molecule has 0 radical (unpaired) electrons. The fourth-order valence-electron chi connectivity index (χ4n) is 1.53. The number of nitro groups is 1. The van der Waals surface area contributed by atoms with E-state index in [0.29, 0.717) is 12.5 Å². The van der Waals surface area contributed by atoms with Crippen LogP contribution in [-0.2, 0) is 0 Å². The van der Waals surface area contributed by atoms with Gasteiger partial charge in [-0.25, -0.2) is 4.98 Å².